The predicted molar refractivity (Wildman–Crippen MR) is 127 cm³/mol. The Kier molecular flexibility index (Phi) is 7.03. The molecule has 0 atom stereocenters. The normalized spacial score (nSPS) is 10.6. The summed E-state index contributed by atoms with van der Waals surface area (Å²) in [7, 11) is 0. The highest BCUT2D eigenvalue weighted by Gasteiger charge is 2.22. The van der Waals surface area contributed by atoms with Crippen molar-refractivity contribution in [2.75, 3.05) is 17.2 Å². The van der Waals surface area contributed by atoms with Crippen molar-refractivity contribution >= 4 is 35.0 Å². The molecule has 0 aliphatic heterocycles. The first-order chi connectivity index (χ1) is 16.1. The van der Waals surface area contributed by atoms with Gasteiger partial charge in [0, 0.05) is 11.3 Å². The number of amides is 1. The summed E-state index contributed by atoms with van der Waals surface area (Å²) < 4.78 is 16.3. The molecule has 0 aliphatic carbocycles. The molecule has 0 saturated carbocycles. The van der Waals surface area contributed by atoms with Crippen LogP contribution in [0.4, 0.5) is 10.1 Å². The molecule has 1 aromatic heterocycles. The van der Waals surface area contributed by atoms with E-state index in [4.69, 9.17) is 11.6 Å². The summed E-state index contributed by atoms with van der Waals surface area (Å²) >= 11 is 7.47. The van der Waals surface area contributed by atoms with Gasteiger partial charge >= 0.3 is 0 Å². The number of halogens is 2. The van der Waals surface area contributed by atoms with Gasteiger partial charge < -0.3 is 0 Å². The van der Waals surface area contributed by atoms with Gasteiger partial charge in [-0.15, -0.1) is 10.2 Å². The van der Waals surface area contributed by atoms with Crippen molar-refractivity contribution in [3.63, 3.8) is 0 Å². The Hall–Kier alpha value is -3.67. The molecule has 33 heavy (non-hydrogen) atoms. The van der Waals surface area contributed by atoms with Crippen LogP contribution in [-0.2, 0) is 4.79 Å². The molecule has 164 valence electrons. The molecule has 0 unspecified atom stereocenters. The fraction of sp³-hybridized carbons (Fsp3) is 0.0833. The number of benzene rings is 3. The highest BCUT2D eigenvalue weighted by atomic mass is 35.5. The Bertz CT molecular complexity index is 1320. The fourth-order valence-corrected chi connectivity index (χ4v) is 4.28. The van der Waals surface area contributed by atoms with Crippen LogP contribution in [0.15, 0.2) is 84.0 Å². The van der Waals surface area contributed by atoms with E-state index in [9.17, 15) is 14.4 Å². The van der Waals surface area contributed by atoms with E-state index in [1.807, 2.05) is 12.1 Å². The third-order valence-corrected chi connectivity index (χ3v) is 6.01. The number of hydrogen-bond donors (Lipinski definition) is 0. The largest absolute Gasteiger partial charge is 0.298 e. The number of nitrogens with zero attached hydrogens (tertiary/aromatic N) is 5. The molecule has 1 heterocycles. The highest BCUT2D eigenvalue weighted by molar-refractivity contribution is 7.99. The van der Waals surface area contributed by atoms with E-state index in [1.54, 1.807) is 71.3 Å². The van der Waals surface area contributed by atoms with E-state index >= 15 is 0 Å². The van der Waals surface area contributed by atoms with Gasteiger partial charge in [-0.1, -0.05) is 65.8 Å². The lowest BCUT2D eigenvalue weighted by Crippen LogP contribution is -2.32. The number of hydrogen-bond acceptors (Lipinski definition) is 5. The number of thioether (sulfide) groups is 1. The molecule has 0 spiro atoms. The summed E-state index contributed by atoms with van der Waals surface area (Å²) in [6.07, 6.45) is 0. The zero-order chi connectivity index (χ0) is 23.2. The fourth-order valence-electron chi connectivity index (χ4n) is 3.24. The summed E-state index contributed by atoms with van der Waals surface area (Å²) in [5.74, 6) is -0.409. The molecule has 0 bridgehead atoms. The lowest BCUT2D eigenvalue weighted by atomic mass is 10.2. The first-order valence-electron chi connectivity index (χ1n) is 9.90. The second kappa shape index (κ2) is 10.3. The predicted octanol–water partition coefficient (Wildman–Crippen LogP) is 5.38. The van der Waals surface area contributed by atoms with E-state index in [1.165, 1.54) is 11.0 Å². The summed E-state index contributed by atoms with van der Waals surface area (Å²) in [5, 5.41) is 18.4. The van der Waals surface area contributed by atoms with Crippen LogP contribution in [0.1, 0.15) is 0 Å². The molecule has 0 fully saturated rings. The number of carbonyl (C=O) groups is 1. The SMILES string of the molecule is N#CCN(C(=O)CSc1nnc(-c2ccccc2Cl)n1-c1ccccc1F)c1ccccc1. The standard InChI is InChI=1S/C24H17ClFN5OS/c25-19-11-5-4-10-18(19)23-28-29-24(31(23)21-13-7-6-12-20(21)26)33-16-22(32)30(15-14-27)17-8-2-1-3-9-17/h1-13H,15-16H2. The van der Waals surface area contributed by atoms with Gasteiger partial charge in [0.25, 0.3) is 0 Å². The minimum atomic E-state index is -0.464. The van der Waals surface area contributed by atoms with E-state index in [0.29, 0.717) is 27.3 Å². The number of rotatable bonds is 7. The smallest absolute Gasteiger partial charge is 0.238 e. The molecule has 0 saturated heterocycles. The second-order valence-corrected chi connectivity index (χ2v) is 8.18. The Morgan fingerprint density at radius 1 is 1.03 bits per heavy atom. The molecular formula is C24H17ClFN5OS. The number of nitriles is 1. The van der Waals surface area contributed by atoms with Crippen molar-refractivity contribution < 1.29 is 9.18 Å². The van der Waals surface area contributed by atoms with E-state index < -0.39 is 5.82 Å². The summed E-state index contributed by atoms with van der Waals surface area (Å²) in [4.78, 5) is 14.3. The molecule has 4 aromatic rings. The molecule has 6 nitrogen and oxygen atoms in total. The Labute approximate surface area is 199 Å². The minimum absolute atomic E-state index is 0.0221. The van der Waals surface area contributed by atoms with E-state index in [0.717, 1.165) is 11.8 Å². The second-order valence-electron chi connectivity index (χ2n) is 6.84. The zero-order valence-corrected chi connectivity index (χ0v) is 18.8. The van der Waals surface area contributed by atoms with Crippen molar-refractivity contribution in [1.29, 1.82) is 5.26 Å². The Morgan fingerprint density at radius 3 is 2.45 bits per heavy atom. The molecule has 0 radical (unpaired) electrons. The monoisotopic (exact) mass is 477 g/mol. The van der Waals surface area contributed by atoms with Gasteiger partial charge in [-0.05, 0) is 36.4 Å². The van der Waals surface area contributed by atoms with Crippen LogP contribution in [0.5, 0.6) is 0 Å². The number of anilines is 1. The third-order valence-electron chi connectivity index (χ3n) is 4.76. The van der Waals surface area contributed by atoms with Gasteiger partial charge in [-0.25, -0.2) is 4.39 Å². The summed E-state index contributed by atoms with van der Waals surface area (Å²) in [5.41, 5.74) is 1.45. The maximum atomic E-state index is 14.7. The van der Waals surface area contributed by atoms with Crippen LogP contribution < -0.4 is 4.90 Å². The number of aromatic nitrogens is 3. The topological polar surface area (TPSA) is 74.8 Å². The molecule has 0 aliphatic rings. The molecule has 3 aromatic carbocycles. The van der Waals surface area contributed by atoms with Gasteiger partial charge in [0.05, 0.1) is 22.5 Å². The van der Waals surface area contributed by atoms with Crippen molar-refractivity contribution in [3.05, 3.63) is 89.7 Å². The first-order valence-corrected chi connectivity index (χ1v) is 11.3. The van der Waals surface area contributed by atoms with Gasteiger partial charge in [-0.3, -0.25) is 14.3 Å². The van der Waals surface area contributed by atoms with E-state index in [-0.39, 0.29) is 23.9 Å². The highest BCUT2D eigenvalue weighted by Crippen LogP contribution is 2.33. The molecule has 1 amide bonds. The average Bonchev–Trinajstić information content (AvgIpc) is 3.25. The van der Waals surface area contributed by atoms with Crippen molar-refractivity contribution in [2.24, 2.45) is 0 Å². The van der Waals surface area contributed by atoms with Crippen LogP contribution >= 0.6 is 23.4 Å². The summed E-state index contributed by atoms with van der Waals surface area (Å²) in [6.45, 7) is -0.0890. The van der Waals surface area contributed by atoms with Gasteiger partial charge in [0.2, 0.25) is 5.91 Å². The van der Waals surface area contributed by atoms with Gasteiger partial charge in [0.1, 0.15) is 12.4 Å². The molecule has 0 N–H and O–H groups in total. The number of carbonyl (C=O) groups excluding carboxylic acids is 1. The van der Waals surface area contributed by atoms with Crippen molar-refractivity contribution in [2.45, 2.75) is 5.16 Å². The third kappa shape index (κ3) is 4.90. The van der Waals surface area contributed by atoms with Crippen LogP contribution in [0.25, 0.3) is 17.1 Å². The lowest BCUT2D eigenvalue weighted by Gasteiger charge is -2.19. The van der Waals surface area contributed by atoms with Crippen LogP contribution in [0.3, 0.4) is 0 Å². The van der Waals surface area contributed by atoms with Gasteiger partial charge in [0.15, 0.2) is 11.0 Å². The van der Waals surface area contributed by atoms with Crippen molar-refractivity contribution in [3.8, 4) is 23.1 Å². The summed E-state index contributed by atoms with van der Waals surface area (Å²) in [6, 6.07) is 24.3. The maximum Gasteiger partial charge on any atom is 0.238 e. The van der Waals surface area contributed by atoms with E-state index in [2.05, 4.69) is 10.2 Å². The Morgan fingerprint density at radius 2 is 1.73 bits per heavy atom. The average molecular weight is 478 g/mol. The molecule has 9 heteroatoms. The zero-order valence-electron chi connectivity index (χ0n) is 17.2. The maximum absolute atomic E-state index is 14.7. The van der Waals surface area contributed by atoms with Crippen LogP contribution in [0.2, 0.25) is 5.02 Å². The lowest BCUT2D eigenvalue weighted by molar-refractivity contribution is -0.116. The van der Waals surface area contributed by atoms with Crippen LogP contribution in [-0.4, -0.2) is 33.0 Å². The minimum Gasteiger partial charge on any atom is -0.298 e. The number of para-hydroxylation sites is 2. The molecule has 4 rings (SSSR count). The molecular weight excluding hydrogens is 461 g/mol. The quantitative estimate of drug-likeness (QED) is 0.264. The van der Waals surface area contributed by atoms with Gasteiger partial charge in [-0.2, -0.15) is 5.26 Å². The first kappa shape index (κ1) is 22.5. The Balaban J connectivity index is 1.69. The van der Waals surface area contributed by atoms with Crippen molar-refractivity contribution in [1.82, 2.24) is 14.8 Å². The van der Waals surface area contributed by atoms with Crippen LogP contribution in [0, 0.1) is 17.1 Å².